The van der Waals surface area contributed by atoms with Gasteiger partial charge in [-0.05, 0) is 49.6 Å². The number of hydrogen-bond donors (Lipinski definition) is 2. The average molecular weight is 326 g/mol. The Bertz CT molecular complexity index is 748. The van der Waals surface area contributed by atoms with Crippen molar-refractivity contribution in [2.75, 3.05) is 0 Å². The van der Waals surface area contributed by atoms with Gasteiger partial charge in [0.05, 0.1) is 0 Å². The zero-order chi connectivity index (χ0) is 17.7. The third-order valence-corrected chi connectivity index (χ3v) is 3.30. The highest BCUT2D eigenvalue weighted by Crippen LogP contribution is 2.24. The van der Waals surface area contributed by atoms with Crippen LogP contribution in [0.4, 0.5) is 4.79 Å². The highest BCUT2D eigenvalue weighted by atomic mass is 16.6. The Hall–Kier alpha value is -2.82. The fraction of sp³-hybridized carbons (Fsp3) is 0.263. The molecule has 24 heavy (non-hydrogen) atoms. The lowest BCUT2D eigenvalue weighted by Crippen LogP contribution is -2.32. The van der Waals surface area contributed by atoms with E-state index in [2.05, 4.69) is 5.32 Å². The summed E-state index contributed by atoms with van der Waals surface area (Å²) in [6.45, 7) is 5.77. The molecule has 0 aliphatic rings. The monoisotopic (exact) mass is 326 g/mol. The topological polar surface area (TPSA) is 81.4 Å². The molecule has 0 bridgehead atoms. The minimum absolute atomic E-state index is 0.325. The van der Waals surface area contributed by atoms with Gasteiger partial charge in [0.25, 0.3) is 0 Å². The Morgan fingerprint density at radius 2 is 1.79 bits per heavy atom. The molecule has 5 nitrogen and oxygen atoms in total. The molecule has 0 saturated carbocycles. The Balaban J connectivity index is 2.20. The van der Waals surface area contributed by atoms with E-state index >= 15 is 0 Å². The maximum Gasteiger partial charge on any atom is 0.407 e. The maximum atomic E-state index is 11.8. The summed E-state index contributed by atoms with van der Waals surface area (Å²) in [6.07, 6.45) is -0.469. The maximum absolute atomic E-state index is 11.8. The summed E-state index contributed by atoms with van der Waals surface area (Å²) in [4.78, 5) is 23.2. The number of alkyl carbamates (subject to hydrolysis) is 1. The Morgan fingerprint density at radius 3 is 2.46 bits per heavy atom. The standard InChI is InChI=1S/C19H22N2O3/c1-19(2,3)24-18(23)21-12-15-7-4-5-10-16(15)13-8-6-9-14(11-13)17(20)22/h4-11H,12H2,1-3H3,(H2,20,22)(H,21,23). The molecule has 0 unspecified atom stereocenters. The first-order valence-electron chi connectivity index (χ1n) is 7.71. The van der Waals surface area contributed by atoms with Crippen molar-refractivity contribution in [3.63, 3.8) is 0 Å². The fourth-order valence-electron chi connectivity index (χ4n) is 2.28. The molecule has 0 fully saturated rings. The average Bonchev–Trinajstić information content (AvgIpc) is 2.51. The molecule has 0 aliphatic carbocycles. The van der Waals surface area contributed by atoms with Crippen LogP contribution >= 0.6 is 0 Å². The van der Waals surface area contributed by atoms with Crippen LogP contribution in [-0.4, -0.2) is 17.6 Å². The van der Waals surface area contributed by atoms with Crippen molar-refractivity contribution < 1.29 is 14.3 Å². The molecule has 0 aliphatic heterocycles. The quantitative estimate of drug-likeness (QED) is 0.902. The molecule has 0 atom stereocenters. The van der Waals surface area contributed by atoms with Gasteiger partial charge in [-0.15, -0.1) is 0 Å². The number of primary amides is 1. The van der Waals surface area contributed by atoms with E-state index < -0.39 is 17.6 Å². The Labute approximate surface area is 141 Å². The summed E-state index contributed by atoms with van der Waals surface area (Å²) in [5, 5.41) is 2.75. The fourth-order valence-corrected chi connectivity index (χ4v) is 2.28. The molecule has 126 valence electrons. The van der Waals surface area contributed by atoms with E-state index in [0.717, 1.165) is 16.7 Å². The largest absolute Gasteiger partial charge is 0.444 e. The summed E-state index contributed by atoms with van der Waals surface area (Å²) in [7, 11) is 0. The number of nitrogens with two attached hydrogens (primary N) is 1. The predicted octanol–water partition coefficient (Wildman–Crippen LogP) is 3.48. The van der Waals surface area contributed by atoms with E-state index in [4.69, 9.17) is 10.5 Å². The summed E-state index contributed by atoms with van der Waals surface area (Å²) in [5.41, 5.74) is 7.97. The number of ether oxygens (including phenoxy) is 1. The zero-order valence-electron chi connectivity index (χ0n) is 14.1. The predicted molar refractivity (Wildman–Crippen MR) is 93.5 cm³/mol. The highest BCUT2D eigenvalue weighted by Gasteiger charge is 2.16. The van der Waals surface area contributed by atoms with Gasteiger partial charge in [0, 0.05) is 12.1 Å². The van der Waals surface area contributed by atoms with Gasteiger partial charge >= 0.3 is 6.09 Å². The van der Waals surface area contributed by atoms with Crippen LogP contribution in [0.1, 0.15) is 36.7 Å². The van der Waals surface area contributed by atoms with Gasteiger partial charge in [0.1, 0.15) is 5.60 Å². The van der Waals surface area contributed by atoms with Gasteiger partial charge < -0.3 is 15.8 Å². The number of carbonyl (C=O) groups is 2. The van der Waals surface area contributed by atoms with Crippen molar-refractivity contribution in [1.82, 2.24) is 5.32 Å². The summed E-state index contributed by atoms with van der Waals surface area (Å²) in [5.74, 6) is -0.471. The SMILES string of the molecule is CC(C)(C)OC(=O)NCc1ccccc1-c1cccc(C(N)=O)c1. The molecular formula is C19H22N2O3. The first-order valence-corrected chi connectivity index (χ1v) is 7.71. The van der Waals surface area contributed by atoms with E-state index in [0.29, 0.717) is 12.1 Å². The Kier molecular flexibility index (Phi) is 5.24. The number of carbonyl (C=O) groups excluding carboxylic acids is 2. The second-order valence-electron chi connectivity index (χ2n) is 6.46. The van der Waals surface area contributed by atoms with Gasteiger partial charge in [-0.3, -0.25) is 4.79 Å². The second kappa shape index (κ2) is 7.17. The van der Waals surface area contributed by atoms with Crippen molar-refractivity contribution >= 4 is 12.0 Å². The van der Waals surface area contributed by atoms with Crippen molar-refractivity contribution in [3.8, 4) is 11.1 Å². The lowest BCUT2D eigenvalue weighted by atomic mass is 9.98. The van der Waals surface area contributed by atoms with Crippen molar-refractivity contribution in [2.45, 2.75) is 32.9 Å². The summed E-state index contributed by atoms with van der Waals surface area (Å²) in [6, 6.07) is 14.8. The lowest BCUT2D eigenvalue weighted by Gasteiger charge is -2.20. The van der Waals surface area contributed by atoms with Crippen molar-refractivity contribution in [2.24, 2.45) is 5.73 Å². The van der Waals surface area contributed by atoms with Crippen molar-refractivity contribution in [3.05, 3.63) is 59.7 Å². The van der Waals surface area contributed by atoms with Crippen LogP contribution in [-0.2, 0) is 11.3 Å². The van der Waals surface area contributed by atoms with E-state index in [-0.39, 0.29) is 0 Å². The lowest BCUT2D eigenvalue weighted by molar-refractivity contribution is 0.0523. The Morgan fingerprint density at radius 1 is 1.08 bits per heavy atom. The zero-order valence-corrected chi connectivity index (χ0v) is 14.1. The normalized spacial score (nSPS) is 11.0. The van der Waals surface area contributed by atoms with Crippen LogP contribution in [0.5, 0.6) is 0 Å². The van der Waals surface area contributed by atoms with Crippen LogP contribution < -0.4 is 11.1 Å². The highest BCUT2D eigenvalue weighted by molar-refractivity contribution is 5.94. The van der Waals surface area contributed by atoms with E-state index in [1.54, 1.807) is 18.2 Å². The molecule has 2 aromatic carbocycles. The number of hydrogen-bond acceptors (Lipinski definition) is 3. The first kappa shape index (κ1) is 17.5. The van der Waals surface area contributed by atoms with Crippen LogP contribution in [0.2, 0.25) is 0 Å². The molecule has 0 spiro atoms. The third kappa shape index (κ3) is 4.84. The molecule has 0 heterocycles. The van der Waals surface area contributed by atoms with Gasteiger partial charge in [-0.2, -0.15) is 0 Å². The summed E-state index contributed by atoms with van der Waals surface area (Å²) < 4.78 is 5.24. The van der Waals surface area contributed by atoms with Crippen LogP contribution in [0.3, 0.4) is 0 Å². The number of nitrogens with one attached hydrogen (secondary N) is 1. The van der Waals surface area contributed by atoms with E-state index in [1.165, 1.54) is 0 Å². The molecule has 2 amide bonds. The first-order chi connectivity index (χ1) is 11.3. The van der Waals surface area contributed by atoms with E-state index in [9.17, 15) is 9.59 Å². The van der Waals surface area contributed by atoms with Crippen LogP contribution in [0.25, 0.3) is 11.1 Å². The van der Waals surface area contributed by atoms with Crippen LogP contribution in [0, 0.1) is 0 Å². The van der Waals surface area contributed by atoms with Crippen LogP contribution in [0.15, 0.2) is 48.5 Å². The molecule has 2 rings (SSSR count). The number of benzene rings is 2. The van der Waals surface area contributed by atoms with Gasteiger partial charge in [0.2, 0.25) is 5.91 Å². The number of rotatable bonds is 4. The van der Waals surface area contributed by atoms with Gasteiger partial charge in [-0.1, -0.05) is 36.4 Å². The summed E-state index contributed by atoms with van der Waals surface area (Å²) >= 11 is 0. The minimum atomic E-state index is -0.542. The smallest absolute Gasteiger partial charge is 0.407 e. The molecular weight excluding hydrogens is 304 g/mol. The second-order valence-corrected chi connectivity index (χ2v) is 6.46. The molecule has 0 radical (unpaired) electrons. The molecule has 2 aromatic rings. The van der Waals surface area contributed by atoms with Crippen molar-refractivity contribution in [1.29, 1.82) is 0 Å². The molecule has 0 aromatic heterocycles. The molecule has 3 N–H and O–H groups in total. The third-order valence-electron chi connectivity index (χ3n) is 3.30. The molecule has 0 saturated heterocycles. The number of amides is 2. The van der Waals surface area contributed by atoms with E-state index in [1.807, 2.05) is 51.1 Å². The van der Waals surface area contributed by atoms with Gasteiger partial charge in [-0.25, -0.2) is 4.79 Å². The molecule has 5 heteroatoms. The van der Waals surface area contributed by atoms with Gasteiger partial charge in [0.15, 0.2) is 0 Å². The minimum Gasteiger partial charge on any atom is -0.444 e.